The van der Waals surface area contributed by atoms with Crippen molar-refractivity contribution in [3.05, 3.63) is 47.0 Å². The molecule has 0 N–H and O–H groups in total. The van der Waals surface area contributed by atoms with Crippen molar-refractivity contribution in [1.82, 2.24) is 0 Å². The molecule has 0 aromatic heterocycles. The first kappa shape index (κ1) is 15.5. The second-order valence-corrected chi connectivity index (χ2v) is 7.20. The van der Waals surface area contributed by atoms with Crippen LogP contribution in [0.1, 0.15) is 79.3 Å². The van der Waals surface area contributed by atoms with Crippen LogP contribution in [0.2, 0.25) is 0 Å². The highest BCUT2D eigenvalue weighted by Crippen LogP contribution is 2.29. The zero-order chi connectivity index (χ0) is 15.4. The van der Waals surface area contributed by atoms with Gasteiger partial charge >= 0.3 is 0 Å². The van der Waals surface area contributed by atoms with E-state index in [1.807, 2.05) is 0 Å². The van der Waals surface area contributed by atoms with Gasteiger partial charge in [0.05, 0.1) is 0 Å². The van der Waals surface area contributed by atoms with Crippen molar-refractivity contribution in [2.45, 2.75) is 70.6 Å². The molecule has 1 aromatic carbocycles. The highest BCUT2D eigenvalue weighted by molar-refractivity contribution is 5.96. The Morgan fingerprint density at radius 2 is 1.73 bits per heavy atom. The van der Waals surface area contributed by atoms with Crippen LogP contribution in [0, 0.1) is 5.92 Å². The lowest BCUT2D eigenvalue weighted by Gasteiger charge is -2.21. The molecule has 3 rings (SSSR count). The first-order valence-corrected chi connectivity index (χ1v) is 9.04. The van der Waals surface area contributed by atoms with Gasteiger partial charge in [-0.15, -0.1) is 0 Å². The molecule has 0 heterocycles. The van der Waals surface area contributed by atoms with Gasteiger partial charge in [0.2, 0.25) is 0 Å². The third kappa shape index (κ3) is 3.88. The maximum Gasteiger partial charge on any atom is 0.162 e. The van der Waals surface area contributed by atoms with Gasteiger partial charge in [-0.1, -0.05) is 56.4 Å². The smallest absolute Gasteiger partial charge is 0.162 e. The fourth-order valence-electron chi connectivity index (χ4n) is 3.98. The van der Waals surface area contributed by atoms with Crippen LogP contribution >= 0.6 is 0 Å². The van der Waals surface area contributed by atoms with E-state index in [1.54, 1.807) is 0 Å². The molecule has 0 radical (unpaired) electrons. The second-order valence-electron chi connectivity index (χ2n) is 7.20. The molecule has 0 saturated heterocycles. The Labute approximate surface area is 134 Å². The largest absolute Gasteiger partial charge is 0.294 e. The lowest BCUT2D eigenvalue weighted by molar-refractivity contribution is 0.0970. The molecule has 0 unspecified atom stereocenters. The Kier molecular flexibility index (Phi) is 5.12. The lowest BCUT2D eigenvalue weighted by atomic mass is 9.85. The van der Waals surface area contributed by atoms with E-state index in [2.05, 4.69) is 24.8 Å². The van der Waals surface area contributed by atoms with E-state index in [9.17, 15) is 4.79 Å². The molecule has 22 heavy (non-hydrogen) atoms. The highest BCUT2D eigenvalue weighted by atomic mass is 16.1. The quantitative estimate of drug-likeness (QED) is 0.398. The lowest BCUT2D eigenvalue weighted by Crippen LogP contribution is -2.09. The molecule has 1 heteroatoms. The predicted molar refractivity (Wildman–Crippen MR) is 92.4 cm³/mol. The van der Waals surface area contributed by atoms with E-state index in [-0.39, 0.29) is 0 Å². The maximum atomic E-state index is 12.5. The molecule has 1 fully saturated rings. The monoisotopic (exact) mass is 296 g/mol. The summed E-state index contributed by atoms with van der Waals surface area (Å²) in [6, 6.07) is 6.40. The summed E-state index contributed by atoms with van der Waals surface area (Å²) in [5.74, 6) is 1.14. The molecule has 0 atom stereocenters. The normalized spacial score (nSPS) is 19.5. The first-order valence-electron chi connectivity index (χ1n) is 9.04. The van der Waals surface area contributed by atoms with Gasteiger partial charge in [0.1, 0.15) is 0 Å². The Bertz CT molecular complexity index is 549. The van der Waals surface area contributed by atoms with Gasteiger partial charge in [0.15, 0.2) is 5.78 Å². The zero-order valence-corrected chi connectivity index (χ0v) is 13.7. The SMILES string of the molecule is C=C1CCc2ccc(C(=O)CCC3CCCCC3)cc2CC1. The van der Waals surface area contributed by atoms with Crippen molar-refractivity contribution >= 4 is 5.78 Å². The number of aryl methyl sites for hydroxylation is 2. The van der Waals surface area contributed by atoms with Crippen molar-refractivity contribution in [3.63, 3.8) is 0 Å². The Morgan fingerprint density at radius 3 is 2.50 bits per heavy atom. The Morgan fingerprint density at radius 1 is 1.00 bits per heavy atom. The topological polar surface area (TPSA) is 17.1 Å². The average Bonchev–Trinajstić information content (AvgIpc) is 2.75. The molecule has 0 aliphatic heterocycles. The third-order valence-electron chi connectivity index (χ3n) is 5.53. The summed E-state index contributed by atoms with van der Waals surface area (Å²) in [7, 11) is 0. The number of allylic oxidation sites excluding steroid dienone is 1. The third-order valence-corrected chi connectivity index (χ3v) is 5.53. The molecule has 1 nitrogen and oxygen atoms in total. The van der Waals surface area contributed by atoms with Crippen LogP contribution in [0.3, 0.4) is 0 Å². The zero-order valence-electron chi connectivity index (χ0n) is 13.7. The molecular formula is C21H28O. The number of Topliss-reactive ketones (excluding diaryl/α,β-unsaturated/α-hetero) is 1. The maximum absolute atomic E-state index is 12.5. The van der Waals surface area contributed by atoms with E-state index >= 15 is 0 Å². The molecule has 2 aliphatic carbocycles. The predicted octanol–water partition coefficient (Wildman–Crippen LogP) is 5.66. The van der Waals surface area contributed by atoms with Gasteiger partial charge in [-0.3, -0.25) is 4.79 Å². The van der Waals surface area contributed by atoms with Gasteiger partial charge in [0, 0.05) is 12.0 Å². The Balaban J connectivity index is 1.62. The minimum Gasteiger partial charge on any atom is -0.294 e. The van der Waals surface area contributed by atoms with E-state index < -0.39 is 0 Å². The van der Waals surface area contributed by atoms with Crippen LogP contribution in [0.15, 0.2) is 30.4 Å². The number of rotatable bonds is 4. The minimum absolute atomic E-state index is 0.344. The summed E-state index contributed by atoms with van der Waals surface area (Å²) in [4.78, 5) is 12.5. The van der Waals surface area contributed by atoms with Crippen LogP contribution in [0.5, 0.6) is 0 Å². The number of hydrogen-bond acceptors (Lipinski definition) is 1. The van der Waals surface area contributed by atoms with E-state index in [4.69, 9.17) is 0 Å². The van der Waals surface area contributed by atoms with Crippen molar-refractivity contribution in [2.75, 3.05) is 0 Å². The molecule has 1 saturated carbocycles. The fraction of sp³-hybridized carbons (Fsp3) is 0.571. The first-order chi connectivity index (χ1) is 10.7. The van der Waals surface area contributed by atoms with Gasteiger partial charge in [0.25, 0.3) is 0 Å². The molecule has 0 spiro atoms. The van der Waals surface area contributed by atoms with Crippen LogP contribution < -0.4 is 0 Å². The molecule has 118 valence electrons. The molecule has 1 aromatic rings. The van der Waals surface area contributed by atoms with Crippen molar-refractivity contribution in [1.29, 1.82) is 0 Å². The van der Waals surface area contributed by atoms with Crippen molar-refractivity contribution in [3.8, 4) is 0 Å². The number of carbonyl (C=O) groups is 1. The van der Waals surface area contributed by atoms with Crippen LogP contribution in [0.25, 0.3) is 0 Å². The number of fused-ring (bicyclic) bond motifs is 1. The van der Waals surface area contributed by atoms with Crippen LogP contribution in [-0.2, 0) is 12.8 Å². The second kappa shape index (κ2) is 7.26. The number of ketones is 1. The summed E-state index contributed by atoms with van der Waals surface area (Å²) in [6.45, 7) is 4.13. The van der Waals surface area contributed by atoms with Crippen LogP contribution in [-0.4, -0.2) is 5.78 Å². The average molecular weight is 296 g/mol. The summed E-state index contributed by atoms with van der Waals surface area (Å²) < 4.78 is 0. The molecule has 2 aliphatic rings. The number of carbonyl (C=O) groups excluding carboxylic acids is 1. The summed E-state index contributed by atoms with van der Waals surface area (Å²) in [5, 5.41) is 0. The molecule has 0 bridgehead atoms. The van der Waals surface area contributed by atoms with Gasteiger partial charge < -0.3 is 0 Å². The summed E-state index contributed by atoms with van der Waals surface area (Å²) >= 11 is 0. The number of benzene rings is 1. The van der Waals surface area contributed by atoms with Crippen LogP contribution in [0.4, 0.5) is 0 Å². The highest BCUT2D eigenvalue weighted by Gasteiger charge is 2.17. The van der Waals surface area contributed by atoms with E-state index in [1.165, 1.54) is 48.8 Å². The van der Waals surface area contributed by atoms with E-state index in [0.29, 0.717) is 5.78 Å². The van der Waals surface area contributed by atoms with E-state index in [0.717, 1.165) is 50.0 Å². The fourth-order valence-corrected chi connectivity index (χ4v) is 3.98. The van der Waals surface area contributed by atoms with Gasteiger partial charge in [-0.05, 0) is 55.2 Å². The number of hydrogen-bond donors (Lipinski definition) is 0. The summed E-state index contributed by atoms with van der Waals surface area (Å²) in [5.41, 5.74) is 5.08. The standard InChI is InChI=1S/C21H28O/c1-16-7-10-18-12-13-20(15-19(18)11-8-16)21(22)14-9-17-5-3-2-4-6-17/h12-13,15,17H,1-11,14H2. The Hall–Kier alpha value is -1.37. The van der Waals surface area contributed by atoms with Crippen molar-refractivity contribution in [2.24, 2.45) is 5.92 Å². The van der Waals surface area contributed by atoms with Gasteiger partial charge in [-0.2, -0.15) is 0 Å². The van der Waals surface area contributed by atoms with Gasteiger partial charge in [-0.25, -0.2) is 0 Å². The molecule has 0 amide bonds. The minimum atomic E-state index is 0.344. The van der Waals surface area contributed by atoms with Crippen molar-refractivity contribution < 1.29 is 4.79 Å². The molecular weight excluding hydrogens is 268 g/mol. The summed E-state index contributed by atoms with van der Waals surface area (Å²) in [6.07, 6.45) is 12.9.